The molecule has 12 heavy (non-hydrogen) atoms. The Morgan fingerprint density at radius 3 is 2.67 bits per heavy atom. The van der Waals surface area contributed by atoms with Crippen LogP contribution in [0, 0.1) is 3.57 Å². The average Bonchev–Trinajstić information content (AvgIpc) is 2.05. The van der Waals surface area contributed by atoms with Crippen LogP contribution < -0.4 is 0 Å². The molecule has 0 saturated carbocycles. The van der Waals surface area contributed by atoms with Crippen LogP contribution in [-0.2, 0) is 0 Å². The lowest BCUT2D eigenvalue weighted by atomic mass is 10.1. The molecule has 1 atom stereocenters. The fourth-order valence-electron chi connectivity index (χ4n) is 1.00. The van der Waals surface area contributed by atoms with Crippen molar-refractivity contribution in [1.29, 1.82) is 0 Å². The van der Waals surface area contributed by atoms with Crippen molar-refractivity contribution in [2.45, 2.75) is 13.0 Å². The Morgan fingerprint density at radius 1 is 1.42 bits per heavy atom. The van der Waals surface area contributed by atoms with Crippen molar-refractivity contribution in [3.8, 4) is 0 Å². The second kappa shape index (κ2) is 4.62. The van der Waals surface area contributed by atoms with E-state index in [4.69, 9.17) is 0 Å². The second-order valence-corrected chi connectivity index (χ2v) is 3.65. The van der Waals surface area contributed by atoms with E-state index >= 15 is 0 Å². The number of hydrogen-bond donors (Lipinski definition) is 1. The molecule has 0 bridgehead atoms. The maximum atomic E-state index is 9.61. The zero-order valence-electron chi connectivity index (χ0n) is 6.87. The number of allylic oxidation sites excluding steroid dienone is 1. The van der Waals surface area contributed by atoms with Crippen LogP contribution in [0.25, 0.3) is 0 Å². The second-order valence-electron chi connectivity index (χ2n) is 2.49. The number of aliphatic hydroxyl groups excluding tert-OH is 1. The van der Waals surface area contributed by atoms with Crippen LogP contribution in [0.3, 0.4) is 0 Å². The molecule has 1 unspecified atom stereocenters. The Morgan fingerprint density at radius 2 is 2.08 bits per heavy atom. The van der Waals surface area contributed by atoms with Gasteiger partial charge in [-0.05, 0) is 41.1 Å². The van der Waals surface area contributed by atoms with Crippen molar-refractivity contribution >= 4 is 22.6 Å². The van der Waals surface area contributed by atoms with Crippen LogP contribution in [0.4, 0.5) is 0 Å². The van der Waals surface area contributed by atoms with Gasteiger partial charge >= 0.3 is 0 Å². The van der Waals surface area contributed by atoms with E-state index in [1.807, 2.05) is 37.3 Å². The Balaban J connectivity index is 2.94. The summed E-state index contributed by atoms with van der Waals surface area (Å²) in [6.45, 7) is 1.90. The Bertz CT molecular complexity index is 281. The molecule has 64 valence electrons. The molecule has 1 rings (SSSR count). The molecule has 0 heterocycles. The normalized spacial score (nSPS) is 13.6. The van der Waals surface area contributed by atoms with E-state index in [-0.39, 0.29) is 0 Å². The Labute approximate surface area is 86.3 Å². The number of rotatable bonds is 2. The average molecular weight is 274 g/mol. The zero-order chi connectivity index (χ0) is 8.97. The minimum absolute atomic E-state index is 0.469. The van der Waals surface area contributed by atoms with Crippen molar-refractivity contribution in [2.75, 3.05) is 0 Å². The molecule has 0 fully saturated rings. The maximum Gasteiger partial charge on any atom is 0.0981 e. The van der Waals surface area contributed by atoms with Crippen LogP contribution in [-0.4, -0.2) is 5.11 Å². The van der Waals surface area contributed by atoms with Crippen LogP contribution >= 0.6 is 22.6 Å². The largest absolute Gasteiger partial charge is 0.384 e. The van der Waals surface area contributed by atoms with Gasteiger partial charge in [-0.15, -0.1) is 0 Å². The van der Waals surface area contributed by atoms with Gasteiger partial charge in [-0.1, -0.05) is 30.4 Å². The SMILES string of the molecule is C/C=C/C(O)c1ccccc1I. The van der Waals surface area contributed by atoms with Crippen molar-refractivity contribution in [3.05, 3.63) is 45.6 Å². The predicted octanol–water partition coefficient (Wildman–Crippen LogP) is 2.90. The minimum Gasteiger partial charge on any atom is -0.384 e. The van der Waals surface area contributed by atoms with Gasteiger partial charge in [0.15, 0.2) is 0 Å². The quantitative estimate of drug-likeness (QED) is 0.649. The van der Waals surface area contributed by atoms with Gasteiger partial charge in [-0.25, -0.2) is 0 Å². The molecule has 0 spiro atoms. The van der Waals surface area contributed by atoms with Gasteiger partial charge in [-0.3, -0.25) is 0 Å². The summed E-state index contributed by atoms with van der Waals surface area (Å²) in [6.07, 6.45) is 3.16. The number of hydrogen-bond acceptors (Lipinski definition) is 1. The van der Waals surface area contributed by atoms with Gasteiger partial charge in [0, 0.05) is 3.57 Å². The first-order valence-corrected chi connectivity index (χ1v) is 4.89. The van der Waals surface area contributed by atoms with Crippen LogP contribution in [0.15, 0.2) is 36.4 Å². The molecule has 1 aromatic rings. The smallest absolute Gasteiger partial charge is 0.0981 e. The summed E-state index contributed by atoms with van der Waals surface area (Å²) in [5, 5.41) is 9.61. The zero-order valence-corrected chi connectivity index (χ0v) is 9.02. The summed E-state index contributed by atoms with van der Waals surface area (Å²) in [5.41, 5.74) is 0.969. The first kappa shape index (κ1) is 9.74. The molecule has 0 aliphatic rings. The highest BCUT2D eigenvalue weighted by molar-refractivity contribution is 14.1. The summed E-state index contributed by atoms with van der Waals surface area (Å²) < 4.78 is 1.10. The highest BCUT2D eigenvalue weighted by Gasteiger charge is 2.05. The highest BCUT2D eigenvalue weighted by Crippen LogP contribution is 2.20. The van der Waals surface area contributed by atoms with Gasteiger partial charge in [0.2, 0.25) is 0 Å². The first-order chi connectivity index (χ1) is 5.75. The van der Waals surface area contributed by atoms with Crippen LogP contribution in [0.1, 0.15) is 18.6 Å². The lowest BCUT2D eigenvalue weighted by Crippen LogP contribution is -1.95. The molecule has 0 aliphatic heterocycles. The molecule has 2 heteroatoms. The summed E-state index contributed by atoms with van der Waals surface area (Å²) in [7, 11) is 0. The van der Waals surface area contributed by atoms with Crippen molar-refractivity contribution in [2.24, 2.45) is 0 Å². The standard InChI is InChI=1S/C10H11IO/c1-2-5-10(12)8-6-3-4-7-9(8)11/h2-7,10,12H,1H3/b5-2+. The Hall–Kier alpha value is -0.350. The third-order valence-electron chi connectivity index (χ3n) is 1.60. The maximum absolute atomic E-state index is 9.61. The first-order valence-electron chi connectivity index (χ1n) is 3.81. The van der Waals surface area contributed by atoms with E-state index in [1.165, 1.54) is 0 Å². The summed E-state index contributed by atoms with van der Waals surface area (Å²) in [5.74, 6) is 0. The van der Waals surface area contributed by atoms with E-state index in [0.29, 0.717) is 0 Å². The topological polar surface area (TPSA) is 20.2 Å². The number of benzene rings is 1. The molecule has 0 aliphatic carbocycles. The summed E-state index contributed by atoms with van der Waals surface area (Å²) in [6, 6.07) is 7.83. The van der Waals surface area contributed by atoms with E-state index < -0.39 is 6.10 Å². The van der Waals surface area contributed by atoms with E-state index in [1.54, 1.807) is 6.08 Å². The van der Waals surface area contributed by atoms with Gasteiger partial charge in [-0.2, -0.15) is 0 Å². The molecule has 1 N–H and O–H groups in total. The van der Waals surface area contributed by atoms with Crippen LogP contribution in [0.2, 0.25) is 0 Å². The van der Waals surface area contributed by atoms with Crippen molar-refractivity contribution < 1.29 is 5.11 Å². The van der Waals surface area contributed by atoms with Gasteiger partial charge in [0.25, 0.3) is 0 Å². The molecular formula is C10H11IO. The third kappa shape index (κ3) is 2.32. The predicted molar refractivity (Wildman–Crippen MR) is 58.9 cm³/mol. The van der Waals surface area contributed by atoms with Gasteiger partial charge in [0.1, 0.15) is 0 Å². The molecule has 0 radical (unpaired) electrons. The summed E-state index contributed by atoms with van der Waals surface area (Å²) in [4.78, 5) is 0. The van der Waals surface area contributed by atoms with E-state index in [9.17, 15) is 5.11 Å². The molecule has 1 nitrogen and oxygen atoms in total. The molecule has 0 amide bonds. The molecule has 0 saturated heterocycles. The fraction of sp³-hybridized carbons (Fsp3) is 0.200. The number of aliphatic hydroxyl groups is 1. The monoisotopic (exact) mass is 274 g/mol. The number of halogens is 1. The Kier molecular flexibility index (Phi) is 3.75. The highest BCUT2D eigenvalue weighted by atomic mass is 127. The van der Waals surface area contributed by atoms with Crippen molar-refractivity contribution in [1.82, 2.24) is 0 Å². The van der Waals surface area contributed by atoms with E-state index in [2.05, 4.69) is 22.6 Å². The molecular weight excluding hydrogens is 263 g/mol. The third-order valence-corrected chi connectivity index (χ3v) is 2.58. The lowest BCUT2D eigenvalue weighted by Gasteiger charge is -2.07. The van der Waals surface area contributed by atoms with Crippen LogP contribution in [0.5, 0.6) is 0 Å². The fourth-order valence-corrected chi connectivity index (χ4v) is 1.71. The lowest BCUT2D eigenvalue weighted by molar-refractivity contribution is 0.227. The van der Waals surface area contributed by atoms with Gasteiger partial charge in [0.05, 0.1) is 6.10 Å². The molecule has 1 aromatic carbocycles. The summed E-state index contributed by atoms with van der Waals surface area (Å²) >= 11 is 2.22. The van der Waals surface area contributed by atoms with Gasteiger partial charge < -0.3 is 5.11 Å². The van der Waals surface area contributed by atoms with Crippen molar-refractivity contribution in [3.63, 3.8) is 0 Å². The minimum atomic E-state index is -0.469. The molecule has 0 aromatic heterocycles. The van der Waals surface area contributed by atoms with E-state index in [0.717, 1.165) is 9.13 Å².